The van der Waals surface area contributed by atoms with Crippen molar-refractivity contribution < 1.29 is 9.59 Å². The van der Waals surface area contributed by atoms with Gasteiger partial charge in [0.05, 0.1) is 6.54 Å². The maximum Gasteiger partial charge on any atom is 0.234 e. The predicted octanol–water partition coefficient (Wildman–Crippen LogP) is 1.52. The number of benzene rings is 1. The molecule has 0 saturated carbocycles. The van der Waals surface area contributed by atoms with Gasteiger partial charge in [-0.05, 0) is 24.1 Å². The van der Waals surface area contributed by atoms with Gasteiger partial charge in [-0.25, -0.2) is 9.79 Å². The highest BCUT2D eigenvalue weighted by Gasteiger charge is 1.97. The van der Waals surface area contributed by atoms with Gasteiger partial charge in [-0.1, -0.05) is 12.1 Å². The molecule has 78 valence electrons. The largest absolute Gasteiger partial charge is 0.326 e. The third kappa shape index (κ3) is 4.20. The van der Waals surface area contributed by atoms with Crippen LogP contribution in [0.15, 0.2) is 29.3 Å². The van der Waals surface area contributed by atoms with Gasteiger partial charge < -0.3 is 5.32 Å². The first kappa shape index (κ1) is 11.1. The number of hydrogen-bond acceptors (Lipinski definition) is 3. The monoisotopic (exact) mass is 204 g/mol. The number of isocyanates is 1. The maximum atomic E-state index is 10.8. The van der Waals surface area contributed by atoms with Crippen LogP contribution in [0, 0.1) is 0 Å². The highest BCUT2D eigenvalue weighted by Crippen LogP contribution is 2.10. The van der Waals surface area contributed by atoms with E-state index in [4.69, 9.17) is 0 Å². The van der Waals surface area contributed by atoms with Crippen LogP contribution in [0.3, 0.4) is 0 Å². The van der Waals surface area contributed by atoms with Crippen molar-refractivity contribution in [3.8, 4) is 0 Å². The van der Waals surface area contributed by atoms with Gasteiger partial charge in [-0.15, -0.1) is 0 Å². The van der Waals surface area contributed by atoms with E-state index in [0.29, 0.717) is 13.0 Å². The lowest BCUT2D eigenvalue weighted by Crippen LogP contribution is -2.05. The maximum absolute atomic E-state index is 10.8. The first-order chi connectivity index (χ1) is 7.22. The number of aliphatic imine (C=N–C) groups is 1. The summed E-state index contributed by atoms with van der Waals surface area (Å²) in [6.45, 7) is 1.89. The second-order valence-corrected chi connectivity index (χ2v) is 3.10. The fraction of sp³-hybridized carbons (Fsp3) is 0.273. The highest BCUT2D eigenvalue weighted by atomic mass is 16.1. The Labute approximate surface area is 88.0 Å². The lowest BCUT2D eigenvalue weighted by molar-refractivity contribution is -0.114. The smallest absolute Gasteiger partial charge is 0.234 e. The number of hydrogen-bond donors (Lipinski definition) is 1. The molecule has 0 heterocycles. The molecule has 15 heavy (non-hydrogen) atoms. The van der Waals surface area contributed by atoms with Crippen LogP contribution < -0.4 is 5.32 Å². The van der Waals surface area contributed by atoms with E-state index in [1.165, 1.54) is 13.0 Å². The van der Waals surface area contributed by atoms with Gasteiger partial charge in [-0.3, -0.25) is 4.79 Å². The summed E-state index contributed by atoms with van der Waals surface area (Å²) in [5.41, 5.74) is 1.79. The minimum atomic E-state index is -0.0990. The van der Waals surface area contributed by atoms with Gasteiger partial charge in [0, 0.05) is 12.6 Å². The molecular formula is C11H12N2O2. The second-order valence-electron chi connectivity index (χ2n) is 3.10. The summed E-state index contributed by atoms with van der Waals surface area (Å²) in [6.07, 6.45) is 2.16. The van der Waals surface area contributed by atoms with Crippen LogP contribution in [0.2, 0.25) is 0 Å². The number of carbonyl (C=O) groups is 1. The molecule has 4 nitrogen and oxygen atoms in total. The first-order valence-electron chi connectivity index (χ1n) is 4.62. The first-order valence-corrected chi connectivity index (χ1v) is 4.62. The lowest BCUT2D eigenvalue weighted by atomic mass is 10.1. The van der Waals surface area contributed by atoms with E-state index in [1.807, 2.05) is 24.3 Å². The molecule has 0 spiro atoms. The highest BCUT2D eigenvalue weighted by molar-refractivity contribution is 5.88. The summed E-state index contributed by atoms with van der Waals surface area (Å²) in [6, 6.07) is 7.45. The van der Waals surface area contributed by atoms with Gasteiger partial charge in [0.25, 0.3) is 0 Å². The molecule has 0 aromatic heterocycles. The quantitative estimate of drug-likeness (QED) is 0.597. The predicted molar refractivity (Wildman–Crippen MR) is 57.4 cm³/mol. The molecule has 0 unspecified atom stereocenters. The molecule has 1 rings (SSSR count). The van der Waals surface area contributed by atoms with Crippen molar-refractivity contribution in [2.24, 2.45) is 4.99 Å². The van der Waals surface area contributed by atoms with Crippen molar-refractivity contribution in [2.45, 2.75) is 13.3 Å². The molecule has 1 aromatic carbocycles. The lowest BCUT2D eigenvalue weighted by Gasteiger charge is -2.03. The average Bonchev–Trinajstić information content (AvgIpc) is 2.18. The average molecular weight is 204 g/mol. The number of nitrogens with zero attached hydrogens (tertiary/aromatic N) is 1. The normalized spacial score (nSPS) is 9.13. The SMILES string of the molecule is CC(=O)Nc1cccc(CCN=C=O)c1. The summed E-state index contributed by atoms with van der Waals surface area (Å²) in [7, 11) is 0. The zero-order valence-corrected chi connectivity index (χ0v) is 8.49. The van der Waals surface area contributed by atoms with Crippen LogP contribution in [-0.2, 0) is 16.0 Å². The molecular weight excluding hydrogens is 192 g/mol. The van der Waals surface area contributed by atoms with Crippen molar-refractivity contribution in [3.05, 3.63) is 29.8 Å². The molecule has 0 radical (unpaired) electrons. The number of rotatable bonds is 4. The Morgan fingerprint density at radius 1 is 1.53 bits per heavy atom. The standard InChI is InChI=1S/C11H12N2O2/c1-9(15)13-11-4-2-3-10(7-11)5-6-12-8-14/h2-4,7H,5-6H2,1H3,(H,13,15). The van der Waals surface area contributed by atoms with E-state index in [-0.39, 0.29) is 5.91 Å². The molecule has 1 amide bonds. The Balaban J connectivity index is 2.65. The Morgan fingerprint density at radius 2 is 2.33 bits per heavy atom. The van der Waals surface area contributed by atoms with E-state index in [2.05, 4.69) is 10.3 Å². The Bertz CT molecular complexity index is 395. The molecule has 0 aliphatic rings. The topological polar surface area (TPSA) is 58.5 Å². The van der Waals surface area contributed by atoms with E-state index >= 15 is 0 Å². The van der Waals surface area contributed by atoms with Crippen molar-refractivity contribution in [1.82, 2.24) is 0 Å². The summed E-state index contributed by atoms with van der Waals surface area (Å²) in [4.78, 5) is 24.1. The van der Waals surface area contributed by atoms with Crippen molar-refractivity contribution in [1.29, 1.82) is 0 Å². The van der Waals surface area contributed by atoms with Gasteiger partial charge in [0.1, 0.15) is 0 Å². The Hall–Kier alpha value is -1.93. The van der Waals surface area contributed by atoms with E-state index < -0.39 is 0 Å². The third-order valence-electron chi connectivity index (χ3n) is 1.82. The second kappa shape index (κ2) is 5.73. The minimum Gasteiger partial charge on any atom is -0.326 e. The molecule has 1 aromatic rings. The number of amides is 1. The Morgan fingerprint density at radius 3 is 3.00 bits per heavy atom. The number of nitrogens with one attached hydrogen (secondary N) is 1. The fourth-order valence-electron chi connectivity index (χ4n) is 1.24. The van der Waals surface area contributed by atoms with Gasteiger partial charge >= 0.3 is 0 Å². The van der Waals surface area contributed by atoms with E-state index in [9.17, 15) is 9.59 Å². The number of carbonyl (C=O) groups excluding carboxylic acids is 2. The van der Waals surface area contributed by atoms with Crippen LogP contribution >= 0.6 is 0 Å². The summed E-state index contributed by atoms with van der Waals surface area (Å²) in [5, 5.41) is 2.69. The molecule has 0 bridgehead atoms. The summed E-state index contributed by atoms with van der Waals surface area (Å²) >= 11 is 0. The van der Waals surface area contributed by atoms with Crippen LogP contribution in [0.5, 0.6) is 0 Å². The van der Waals surface area contributed by atoms with E-state index in [1.54, 1.807) is 0 Å². The summed E-state index contributed by atoms with van der Waals surface area (Å²) in [5.74, 6) is -0.0990. The van der Waals surface area contributed by atoms with Gasteiger partial charge in [0.15, 0.2) is 0 Å². The fourth-order valence-corrected chi connectivity index (χ4v) is 1.24. The molecule has 4 heteroatoms. The van der Waals surface area contributed by atoms with Crippen molar-refractivity contribution >= 4 is 17.7 Å². The van der Waals surface area contributed by atoms with Crippen molar-refractivity contribution in [2.75, 3.05) is 11.9 Å². The molecule has 0 aliphatic heterocycles. The van der Waals surface area contributed by atoms with Crippen molar-refractivity contribution in [3.63, 3.8) is 0 Å². The number of anilines is 1. The zero-order valence-electron chi connectivity index (χ0n) is 8.49. The van der Waals surface area contributed by atoms with Gasteiger partial charge in [-0.2, -0.15) is 0 Å². The molecule has 0 aliphatic carbocycles. The minimum absolute atomic E-state index is 0.0990. The molecule has 0 atom stereocenters. The van der Waals surface area contributed by atoms with E-state index in [0.717, 1.165) is 11.3 Å². The molecule has 1 N–H and O–H groups in total. The van der Waals surface area contributed by atoms with Crippen LogP contribution in [-0.4, -0.2) is 18.5 Å². The van der Waals surface area contributed by atoms with Crippen LogP contribution in [0.4, 0.5) is 5.69 Å². The molecule has 0 saturated heterocycles. The van der Waals surface area contributed by atoms with Crippen LogP contribution in [0.1, 0.15) is 12.5 Å². The molecule has 0 fully saturated rings. The van der Waals surface area contributed by atoms with Crippen LogP contribution in [0.25, 0.3) is 0 Å². The Kier molecular flexibility index (Phi) is 4.26. The van der Waals surface area contributed by atoms with Gasteiger partial charge in [0.2, 0.25) is 12.0 Å². The zero-order chi connectivity index (χ0) is 11.1. The third-order valence-corrected chi connectivity index (χ3v) is 1.82. The summed E-state index contributed by atoms with van der Waals surface area (Å²) < 4.78 is 0.